The second-order valence-corrected chi connectivity index (χ2v) is 9.86. The van der Waals surface area contributed by atoms with E-state index in [1.165, 1.54) is 48.6 Å². The molecule has 0 radical (unpaired) electrons. The largest absolute Gasteiger partial charge is 0.325 e. The molecule has 1 saturated carbocycles. The van der Waals surface area contributed by atoms with Gasteiger partial charge in [-0.2, -0.15) is 0 Å². The van der Waals surface area contributed by atoms with Gasteiger partial charge in [0.1, 0.15) is 0 Å². The van der Waals surface area contributed by atoms with E-state index in [-0.39, 0.29) is 5.91 Å². The lowest BCUT2D eigenvalue weighted by Crippen LogP contribution is -2.23. The normalized spacial score (nSPS) is 20.2. The Bertz CT molecular complexity index is 1100. The molecule has 2 heterocycles. The second kappa shape index (κ2) is 9.45. The number of rotatable bonds is 6. The topological polar surface area (TPSA) is 72.7 Å². The van der Waals surface area contributed by atoms with E-state index in [9.17, 15) is 4.79 Å². The summed E-state index contributed by atoms with van der Waals surface area (Å²) in [4.78, 5) is 17.0. The first-order valence-corrected chi connectivity index (χ1v) is 12.6. The summed E-state index contributed by atoms with van der Waals surface area (Å²) in [6.45, 7) is 2.31. The van der Waals surface area contributed by atoms with E-state index in [1.807, 2.05) is 24.4 Å². The SMILES string of the molecule is C[C@@H]1CCCC[C@@H]1n1c(SCC(=O)Nc2ccc3c(c2)CCC3)nnc1-c1cccnc1. The van der Waals surface area contributed by atoms with Gasteiger partial charge in [0.25, 0.3) is 0 Å². The number of hydrogen-bond acceptors (Lipinski definition) is 5. The number of nitrogens with one attached hydrogen (secondary N) is 1. The molecule has 2 aromatic heterocycles. The molecule has 2 aliphatic carbocycles. The number of nitrogens with zero attached hydrogens (tertiary/aromatic N) is 4. The highest BCUT2D eigenvalue weighted by atomic mass is 32.2. The number of aryl methyl sites for hydroxylation is 2. The fourth-order valence-electron chi connectivity index (χ4n) is 5.02. The quantitative estimate of drug-likeness (QED) is 0.518. The van der Waals surface area contributed by atoms with Gasteiger partial charge in [0.15, 0.2) is 11.0 Å². The standard InChI is InChI=1S/C25H29N5OS/c1-17-6-2-3-10-22(17)30-24(20-9-5-13-26-15-20)28-29-25(30)32-16-23(31)27-21-12-11-18-7-4-8-19(18)14-21/h5,9,11-15,17,22H,2-4,6-8,10,16H2,1H3,(H,27,31)/t17-,22+/m1/s1. The molecular weight excluding hydrogens is 418 g/mol. The zero-order chi connectivity index (χ0) is 21.9. The molecule has 6 nitrogen and oxygen atoms in total. The lowest BCUT2D eigenvalue weighted by Gasteiger charge is -2.31. The number of benzene rings is 1. The van der Waals surface area contributed by atoms with Crippen molar-refractivity contribution in [2.45, 2.75) is 63.1 Å². The summed E-state index contributed by atoms with van der Waals surface area (Å²) in [5, 5.41) is 12.9. The molecule has 0 bridgehead atoms. The van der Waals surface area contributed by atoms with Gasteiger partial charge in [-0.25, -0.2) is 0 Å². The van der Waals surface area contributed by atoms with Gasteiger partial charge in [0.2, 0.25) is 5.91 Å². The molecule has 166 valence electrons. The van der Waals surface area contributed by atoms with Crippen LogP contribution in [-0.2, 0) is 17.6 Å². The molecule has 1 aromatic carbocycles. The molecule has 5 rings (SSSR count). The predicted molar refractivity (Wildman–Crippen MR) is 128 cm³/mol. The zero-order valence-corrected chi connectivity index (χ0v) is 19.3. The first kappa shape index (κ1) is 21.2. The van der Waals surface area contributed by atoms with Crippen molar-refractivity contribution < 1.29 is 4.79 Å². The lowest BCUT2D eigenvalue weighted by molar-refractivity contribution is -0.113. The molecule has 2 aliphatic rings. The van der Waals surface area contributed by atoms with Crippen LogP contribution in [0.1, 0.15) is 56.2 Å². The van der Waals surface area contributed by atoms with E-state index in [0.29, 0.717) is 17.7 Å². The van der Waals surface area contributed by atoms with Crippen LogP contribution >= 0.6 is 11.8 Å². The average Bonchev–Trinajstić information content (AvgIpc) is 3.45. The molecule has 1 fully saturated rings. The number of fused-ring (bicyclic) bond motifs is 1. The molecule has 0 unspecified atom stereocenters. The van der Waals surface area contributed by atoms with Crippen molar-refractivity contribution in [3.63, 3.8) is 0 Å². The van der Waals surface area contributed by atoms with Crippen LogP contribution in [0.5, 0.6) is 0 Å². The minimum atomic E-state index is -0.0119. The van der Waals surface area contributed by atoms with E-state index >= 15 is 0 Å². The number of thioether (sulfide) groups is 1. The van der Waals surface area contributed by atoms with Gasteiger partial charge < -0.3 is 5.32 Å². The van der Waals surface area contributed by atoms with Crippen LogP contribution in [0, 0.1) is 5.92 Å². The van der Waals surface area contributed by atoms with Crippen LogP contribution in [0.2, 0.25) is 0 Å². The number of amides is 1. The third-order valence-electron chi connectivity index (χ3n) is 6.70. The predicted octanol–water partition coefficient (Wildman–Crippen LogP) is 5.31. The Labute approximate surface area is 193 Å². The van der Waals surface area contributed by atoms with Crippen LogP contribution in [0.25, 0.3) is 11.4 Å². The number of carbonyl (C=O) groups is 1. The Hall–Kier alpha value is -2.67. The first-order valence-electron chi connectivity index (χ1n) is 11.6. The van der Waals surface area contributed by atoms with Crippen molar-refractivity contribution in [3.8, 4) is 11.4 Å². The van der Waals surface area contributed by atoms with Gasteiger partial charge in [-0.15, -0.1) is 10.2 Å². The van der Waals surface area contributed by atoms with Crippen LogP contribution < -0.4 is 5.32 Å². The summed E-state index contributed by atoms with van der Waals surface area (Å²) in [7, 11) is 0. The van der Waals surface area contributed by atoms with Crippen molar-refractivity contribution in [1.29, 1.82) is 0 Å². The maximum Gasteiger partial charge on any atom is 0.234 e. The highest BCUT2D eigenvalue weighted by molar-refractivity contribution is 7.99. The van der Waals surface area contributed by atoms with Crippen molar-refractivity contribution in [3.05, 3.63) is 53.9 Å². The van der Waals surface area contributed by atoms with Crippen LogP contribution in [0.15, 0.2) is 47.9 Å². The monoisotopic (exact) mass is 447 g/mol. The fraction of sp³-hybridized carbons (Fsp3) is 0.440. The smallest absolute Gasteiger partial charge is 0.234 e. The maximum atomic E-state index is 12.7. The fourth-order valence-corrected chi connectivity index (χ4v) is 5.82. The summed E-state index contributed by atoms with van der Waals surface area (Å²) < 4.78 is 2.26. The summed E-state index contributed by atoms with van der Waals surface area (Å²) in [5.41, 5.74) is 4.62. The highest BCUT2D eigenvalue weighted by Gasteiger charge is 2.29. The lowest BCUT2D eigenvalue weighted by atomic mass is 9.85. The Kier molecular flexibility index (Phi) is 6.26. The Morgan fingerprint density at radius 1 is 1.12 bits per heavy atom. The number of aromatic nitrogens is 4. The average molecular weight is 448 g/mol. The third-order valence-corrected chi connectivity index (χ3v) is 7.64. The molecule has 0 spiro atoms. The van der Waals surface area contributed by atoms with E-state index in [0.717, 1.165) is 41.5 Å². The molecular formula is C25H29N5OS. The van der Waals surface area contributed by atoms with Crippen molar-refractivity contribution in [1.82, 2.24) is 19.7 Å². The van der Waals surface area contributed by atoms with Gasteiger partial charge in [-0.3, -0.25) is 14.3 Å². The summed E-state index contributed by atoms with van der Waals surface area (Å²) in [6, 6.07) is 10.6. The molecule has 0 saturated heterocycles. The molecule has 1 N–H and O–H groups in total. The highest BCUT2D eigenvalue weighted by Crippen LogP contribution is 2.38. The zero-order valence-electron chi connectivity index (χ0n) is 18.5. The minimum Gasteiger partial charge on any atom is -0.325 e. The van der Waals surface area contributed by atoms with Crippen LogP contribution in [-0.4, -0.2) is 31.4 Å². The van der Waals surface area contributed by atoms with Crippen molar-refractivity contribution in [2.75, 3.05) is 11.1 Å². The summed E-state index contributed by atoms with van der Waals surface area (Å²) >= 11 is 1.47. The molecule has 2 atom stereocenters. The van der Waals surface area contributed by atoms with Crippen LogP contribution in [0.3, 0.4) is 0 Å². The second-order valence-electron chi connectivity index (χ2n) is 8.92. The molecule has 3 aromatic rings. The first-order chi connectivity index (χ1) is 15.7. The maximum absolute atomic E-state index is 12.7. The number of hydrogen-bond donors (Lipinski definition) is 1. The third kappa shape index (κ3) is 4.44. The molecule has 7 heteroatoms. The number of carbonyl (C=O) groups excluding carboxylic acids is 1. The van der Waals surface area contributed by atoms with E-state index in [2.05, 4.69) is 44.1 Å². The van der Waals surface area contributed by atoms with E-state index in [4.69, 9.17) is 0 Å². The molecule has 0 aliphatic heterocycles. The number of anilines is 1. The van der Waals surface area contributed by atoms with Crippen molar-refractivity contribution >= 4 is 23.4 Å². The Morgan fingerprint density at radius 3 is 2.84 bits per heavy atom. The van der Waals surface area contributed by atoms with Crippen LogP contribution in [0.4, 0.5) is 5.69 Å². The minimum absolute atomic E-state index is 0.0119. The van der Waals surface area contributed by atoms with Gasteiger partial charge in [-0.1, -0.05) is 37.6 Å². The summed E-state index contributed by atoms with van der Waals surface area (Å²) in [5.74, 6) is 1.69. The summed E-state index contributed by atoms with van der Waals surface area (Å²) in [6.07, 6.45) is 11.9. The Morgan fingerprint density at radius 2 is 2.00 bits per heavy atom. The molecule has 32 heavy (non-hydrogen) atoms. The van der Waals surface area contributed by atoms with Crippen molar-refractivity contribution in [2.24, 2.45) is 5.92 Å². The van der Waals surface area contributed by atoms with E-state index < -0.39 is 0 Å². The van der Waals surface area contributed by atoms with Gasteiger partial charge in [0, 0.05) is 29.7 Å². The number of pyridine rings is 1. The molecule has 1 amide bonds. The van der Waals surface area contributed by atoms with Gasteiger partial charge >= 0.3 is 0 Å². The van der Waals surface area contributed by atoms with E-state index in [1.54, 1.807) is 6.20 Å². The Balaban J connectivity index is 1.34. The van der Waals surface area contributed by atoms with Gasteiger partial charge in [-0.05, 0) is 73.4 Å². The van der Waals surface area contributed by atoms with Gasteiger partial charge in [0.05, 0.1) is 5.75 Å².